The predicted octanol–water partition coefficient (Wildman–Crippen LogP) is 3.61. The molecule has 13 nitrogen and oxygen atoms in total. The summed E-state index contributed by atoms with van der Waals surface area (Å²) in [5, 5.41) is 20.6. The van der Waals surface area contributed by atoms with Gasteiger partial charge in [0.2, 0.25) is 0 Å². The zero-order chi connectivity index (χ0) is 33.1. The maximum Gasteiger partial charge on any atom is 0.504 e. The summed E-state index contributed by atoms with van der Waals surface area (Å²) in [7, 11) is -6.54. The molecule has 256 valence electrons. The van der Waals surface area contributed by atoms with Crippen LogP contribution in [0.4, 0.5) is 0 Å². The molecule has 10 atom stereocenters. The Labute approximate surface area is 267 Å². The predicted molar refractivity (Wildman–Crippen MR) is 162 cm³/mol. The highest BCUT2D eigenvalue weighted by molar-refractivity contribution is 6.63. The Hall–Kier alpha value is -1.73. The Kier molecular flexibility index (Phi) is 12.0. The number of carboxylic acids is 2. The number of fused-ring (bicyclic) bond motifs is 4. The van der Waals surface area contributed by atoms with E-state index in [1.54, 1.807) is 0 Å². The van der Waals surface area contributed by atoms with Gasteiger partial charge in [0.25, 0.3) is 0 Å². The number of esters is 2. The van der Waals surface area contributed by atoms with E-state index in [9.17, 15) is 29.4 Å². The number of carbonyl (C=O) groups is 4. The van der Waals surface area contributed by atoms with Crippen molar-refractivity contribution in [3.8, 4) is 0 Å². The molecule has 0 aromatic carbocycles. The molecule has 4 fully saturated rings. The second kappa shape index (κ2) is 15.0. The van der Waals surface area contributed by atoms with Crippen LogP contribution in [-0.2, 0) is 50.5 Å². The van der Waals surface area contributed by atoms with Gasteiger partial charge in [0.05, 0.1) is 23.7 Å². The molecule has 4 rings (SSSR count). The largest absolute Gasteiger partial charge is 0.504 e. The van der Waals surface area contributed by atoms with E-state index in [0.29, 0.717) is 65.3 Å². The number of rotatable bonds is 18. The first kappa shape index (κ1) is 36.1. The van der Waals surface area contributed by atoms with Gasteiger partial charge in [-0.25, -0.2) is 0 Å². The minimum Gasteiger partial charge on any atom is -0.481 e. The van der Waals surface area contributed by atoms with Gasteiger partial charge in [-0.15, -0.1) is 0 Å². The Balaban J connectivity index is 1.53. The molecule has 4 saturated carbocycles. The number of carboxylic acid groups (broad SMARTS) is 2. The Bertz CT molecular complexity index is 972. The molecule has 0 aromatic rings. The summed E-state index contributed by atoms with van der Waals surface area (Å²) < 4.78 is 42.0. The van der Waals surface area contributed by atoms with E-state index in [1.807, 2.05) is 41.5 Å². The van der Waals surface area contributed by atoms with E-state index in [1.165, 1.54) is 0 Å². The molecule has 4 aliphatic carbocycles. The van der Waals surface area contributed by atoms with Gasteiger partial charge in [-0.3, -0.25) is 19.2 Å². The molecule has 0 spiro atoms. The summed E-state index contributed by atoms with van der Waals surface area (Å²) in [6, 6.07) is 0. The molecule has 15 heteroatoms. The molecule has 10 unspecified atom stereocenters. The van der Waals surface area contributed by atoms with Crippen molar-refractivity contribution in [2.24, 2.45) is 47.3 Å². The fraction of sp³-hybridized carbons (Fsp3) is 0.867. The molecule has 0 heterocycles. The van der Waals surface area contributed by atoms with E-state index in [2.05, 4.69) is 0 Å². The van der Waals surface area contributed by atoms with Crippen molar-refractivity contribution in [3.63, 3.8) is 0 Å². The maximum atomic E-state index is 13.6. The average Bonchev–Trinajstić information content (AvgIpc) is 3.77. The van der Waals surface area contributed by atoms with Gasteiger partial charge in [-0.1, -0.05) is 0 Å². The monoisotopic (exact) mass is 674 g/mol. The van der Waals surface area contributed by atoms with Crippen molar-refractivity contribution in [3.05, 3.63) is 0 Å². The van der Waals surface area contributed by atoms with Crippen LogP contribution >= 0.6 is 0 Å². The maximum absolute atomic E-state index is 13.6. The zero-order valence-electron chi connectivity index (χ0n) is 27.2. The number of hydrogen-bond donors (Lipinski definition) is 2. The molecule has 0 aromatic heterocycles. The topological polar surface area (TPSA) is 173 Å². The Morgan fingerprint density at radius 1 is 0.511 bits per heavy atom. The summed E-state index contributed by atoms with van der Waals surface area (Å²) in [6.07, 6.45) is 1.82. The number of hydrogen-bond acceptors (Lipinski definition) is 11. The third kappa shape index (κ3) is 6.56. The first-order valence-corrected chi connectivity index (χ1v) is 20.1. The molecule has 0 amide bonds. The van der Waals surface area contributed by atoms with E-state index in [4.69, 9.17) is 31.3 Å². The highest BCUT2D eigenvalue weighted by Gasteiger charge is 2.69. The van der Waals surface area contributed by atoms with E-state index < -0.39 is 77.0 Å². The smallest absolute Gasteiger partial charge is 0.481 e. The van der Waals surface area contributed by atoms with E-state index >= 15 is 0 Å². The Morgan fingerprint density at radius 2 is 0.800 bits per heavy atom. The summed E-state index contributed by atoms with van der Waals surface area (Å²) in [6.45, 7) is 13.1. The van der Waals surface area contributed by atoms with Crippen molar-refractivity contribution in [1.29, 1.82) is 0 Å². The molecular weight excluding hydrogens is 624 g/mol. The normalized spacial score (nSPS) is 33.9. The van der Waals surface area contributed by atoms with E-state index in [0.717, 1.165) is 0 Å². The first-order valence-electron chi connectivity index (χ1n) is 16.5. The van der Waals surface area contributed by atoms with Gasteiger partial charge in [-0.05, 0) is 90.9 Å². The van der Waals surface area contributed by atoms with Crippen molar-refractivity contribution in [2.75, 3.05) is 39.6 Å². The third-order valence-electron chi connectivity index (χ3n) is 10.3. The third-order valence-corrected chi connectivity index (χ3v) is 17.6. The molecule has 4 bridgehead atoms. The highest BCUT2D eigenvalue weighted by Crippen LogP contribution is 2.63. The summed E-state index contributed by atoms with van der Waals surface area (Å²) in [4.78, 5) is 52.5. The molecule has 45 heavy (non-hydrogen) atoms. The molecule has 0 radical (unpaired) electrons. The SMILES string of the molecule is CCO[Si](OCC)(OCC)C1CC2CC1C(C(=O)O)C2C(=O)OC(=O)C1C2CC(C1C(=O)O)C([Si](OCC)(OCC)OCC)C2. The van der Waals surface area contributed by atoms with Crippen LogP contribution in [0.5, 0.6) is 0 Å². The summed E-state index contributed by atoms with van der Waals surface area (Å²) in [5.41, 5.74) is -0.597. The molecule has 0 aliphatic heterocycles. The number of aliphatic carboxylic acids is 2. The minimum atomic E-state index is -3.27. The molecule has 4 aliphatic rings. The van der Waals surface area contributed by atoms with Crippen LogP contribution in [0.2, 0.25) is 11.1 Å². The van der Waals surface area contributed by atoms with Crippen molar-refractivity contribution < 1.29 is 60.7 Å². The second-order valence-corrected chi connectivity index (χ2v) is 18.0. The van der Waals surface area contributed by atoms with Crippen LogP contribution in [0.3, 0.4) is 0 Å². The molecule has 0 saturated heterocycles. The average molecular weight is 675 g/mol. The van der Waals surface area contributed by atoms with Gasteiger partial charge < -0.3 is 41.5 Å². The molecular formula is C30H50O13Si2. The fourth-order valence-corrected chi connectivity index (χ4v) is 16.3. The van der Waals surface area contributed by atoms with Gasteiger partial charge in [0.15, 0.2) is 0 Å². The van der Waals surface area contributed by atoms with Gasteiger partial charge in [0, 0.05) is 50.7 Å². The lowest BCUT2D eigenvalue weighted by Crippen LogP contribution is -2.55. The quantitative estimate of drug-likeness (QED) is 0.123. The van der Waals surface area contributed by atoms with Gasteiger partial charge in [0.1, 0.15) is 0 Å². The fourth-order valence-electron chi connectivity index (χ4n) is 9.22. The van der Waals surface area contributed by atoms with Crippen LogP contribution in [0.25, 0.3) is 0 Å². The lowest BCUT2D eigenvalue weighted by molar-refractivity contribution is -0.175. The second-order valence-electron chi connectivity index (χ2n) is 12.3. The van der Waals surface area contributed by atoms with Crippen molar-refractivity contribution >= 4 is 41.5 Å². The highest BCUT2D eigenvalue weighted by atomic mass is 28.4. The first-order chi connectivity index (χ1) is 21.5. The van der Waals surface area contributed by atoms with Gasteiger partial charge in [-0.2, -0.15) is 0 Å². The van der Waals surface area contributed by atoms with Crippen LogP contribution in [0.1, 0.15) is 67.2 Å². The van der Waals surface area contributed by atoms with E-state index in [-0.39, 0.29) is 22.9 Å². The summed E-state index contributed by atoms with van der Waals surface area (Å²) >= 11 is 0. The minimum absolute atomic E-state index is 0.299. The van der Waals surface area contributed by atoms with Crippen LogP contribution in [0, 0.1) is 47.3 Å². The lowest BCUT2D eigenvalue weighted by Gasteiger charge is -2.41. The van der Waals surface area contributed by atoms with Crippen LogP contribution in [0.15, 0.2) is 0 Å². The van der Waals surface area contributed by atoms with Crippen LogP contribution in [-0.4, -0.2) is 91.3 Å². The summed E-state index contributed by atoms with van der Waals surface area (Å²) in [5.74, 6) is -9.97. The zero-order valence-corrected chi connectivity index (χ0v) is 29.2. The molecule has 2 N–H and O–H groups in total. The standard InChI is InChI=1S/C30H50O13Si2/c1-7-37-44(38-8-2,39-9-3)21-15-17-13-19(21)25(27(31)32)23(17)29(35)43-30(36)24-18-14-20(26(24)28(33)34)22(16-18)45(40-10-4,41-11-5)42-12-6/h17-26H,7-16H2,1-6H3,(H,31,32)(H,33,34). The van der Waals surface area contributed by atoms with Gasteiger partial charge >= 0.3 is 41.5 Å². The van der Waals surface area contributed by atoms with Crippen molar-refractivity contribution in [2.45, 2.75) is 78.3 Å². The Morgan fingerprint density at radius 3 is 1.04 bits per heavy atom. The number of carbonyl (C=O) groups excluding carboxylic acids is 2. The van der Waals surface area contributed by atoms with Crippen molar-refractivity contribution in [1.82, 2.24) is 0 Å². The van der Waals surface area contributed by atoms with Crippen LogP contribution < -0.4 is 0 Å². The number of ether oxygens (including phenoxy) is 1. The lowest BCUT2D eigenvalue weighted by atomic mass is 9.78.